The maximum absolute atomic E-state index is 9.08. The molecule has 0 spiro atoms. The molecular weight excluding hydrogens is 252 g/mol. The molecule has 0 saturated heterocycles. The van der Waals surface area contributed by atoms with E-state index < -0.39 is 0 Å². The molecule has 0 saturated carbocycles. The van der Waals surface area contributed by atoms with Gasteiger partial charge < -0.3 is 4.90 Å². The molecule has 15 heavy (non-hydrogen) atoms. The molecule has 0 aromatic heterocycles. The Kier molecular flexibility index (Phi) is 4.16. The van der Waals surface area contributed by atoms with Crippen LogP contribution in [0.25, 0.3) is 0 Å². The first-order chi connectivity index (χ1) is 7.06. The van der Waals surface area contributed by atoms with Crippen molar-refractivity contribution in [3.63, 3.8) is 0 Å². The molecule has 3 heteroatoms. The van der Waals surface area contributed by atoms with Gasteiger partial charge in [-0.1, -0.05) is 19.9 Å². The lowest BCUT2D eigenvalue weighted by molar-refractivity contribution is 0.638. The molecule has 0 heterocycles. The zero-order valence-corrected chi connectivity index (χ0v) is 10.9. The van der Waals surface area contributed by atoms with Crippen LogP contribution in [0.1, 0.15) is 19.4 Å². The summed E-state index contributed by atoms with van der Waals surface area (Å²) in [5.41, 5.74) is 1.70. The fourth-order valence-electron chi connectivity index (χ4n) is 1.59. The van der Waals surface area contributed by atoms with E-state index in [0.717, 1.165) is 16.7 Å². The van der Waals surface area contributed by atoms with Gasteiger partial charge in [0.25, 0.3) is 0 Å². The second-order valence-corrected chi connectivity index (χ2v) is 4.87. The summed E-state index contributed by atoms with van der Waals surface area (Å²) in [5, 5.41) is 9.08. The maximum atomic E-state index is 9.08. The fraction of sp³-hybridized carbons (Fsp3) is 0.417. The van der Waals surface area contributed by atoms with Crippen LogP contribution in [0.3, 0.4) is 0 Å². The Bertz CT molecular complexity index is 380. The normalized spacial score (nSPS) is 10.1. The molecule has 0 fully saturated rings. The topological polar surface area (TPSA) is 27.0 Å². The lowest BCUT2D eigenvalue weighted by atomic mass is 10.1. The highest BCUT2D eigenvalue weighted by Gasteiger charge is 2.10. The second kappa shape index (κ2) is 5.18. The molecule has 0 unspecified atom stereocenters. The van der Waals surface area contributed by atoms with E-state index in [1.807, 2.05) is 25.2 Å². The summed E-state index contributed by atoms with van der Waals surface area (Å²) in [6, 6.07) is 8.06. The third-order valence-electron chi connectivity index (χ3n) is 2.15. The van der Waals surface area contributed by atoms with Crippen molar-refractivity contribution in [2.45, 2.75) is 13.8 Å². The molecule has 0 N–H and O–H groups in total. The Hall–Kier alpha value is -1.01. The molecule has 0 radical (unpaired) electrons. The molecule has 1 rings (SSSR count). The Morgan fingerprint density at radius 1 is 1.47 bits per heavy atom. The third-order valence-corrected chi connectivity index (χ3v) is 2.81. The van der Waals surface area contributed by atoms with Crippen LogP contribution in [0.5, 0.6) is 0 Å². The van der Waals surface area contributed by atoms with Crippen LogP contribution in [0.15, 0.2) is 22.7 Å². The standard InChI is InChI=1S/C12H15BrN2/c1-9(2)8-15(3)12-6-4-5-11(13)10(12)7-14/h4-6,9H,8H2,1-3H3. The van der Waals surface area contributed by atoms with Gasteiger partial charge in [-0.3, -0.25) is 0 Å². The highest BCUT2D eigenvalue weighted by molar-refractivity contribution is 9.10. The van der Waals surface area contributed by atoms with E-state index in [1.54, 1.807) is 0 Å². The highest BCUT2D eigenvalue weighted by atomic mass is 79.9. The van der Waals surface area contributed by atoms with E-state index >= 15 is 0 Å². The Morgan fingerprint density at radius 2 is 2.13 bits per heavy atom. The van der Waals surface area contributed by atoms with Crippen molar-refractivity contribution < 1.29 is 0 Å². The first-order valence-electron chi connectivity index (χ1n) is 4.96. The van der Waals surface area contributed by atoms with E-state index in [2.05, 4.69) is 40.7 Å². The number of benzene rings is 1. The molecule has 0 aliphatic rings. The van der Waals surface area contributed by atoms with Gasteiger partial charge in [0.15, 0.2) is 0 Å². The van der Waals surface area contributed by atoms with Crippen molar-refractivity contribution in [2.75, 3.05) is 18.5 Å². The molecule has 0 amide bonds. The summed E-state index contributed by atoms with van der Waals surface area (Å²) in [7, 11) is 2.02. The van der Waals surface area contributed by atoms with Gasteiger partial charge in [0, 0.05) is 18.1 Å². The van der Waals surface area contributed by atoms with Gasteiger partial charge in [-0.15, -0.1) is 0 Å². The van der Waals surface area contributed by atoms with E-state index in [1.165, 1.54) is 0 Å². The maximum Gasteiger partial charge on any atom is 0.103 e. The molecule has 80 valence electrons. The van der Waals surface area contributed by atoms with Crippen molar-refractivity contribution in [2.24, 2.45) is 5.92 Å². The lowest BCUT2D eigenvalue weighted by Gasteiger charge is -2.22. The lowest BCUT2D eigenvalue weighted by Crippen LogP contribution is -2.23. The molecular formula is C12H15BrN2. The molecule has 0 aliphatic carbocycles. The number of hydrogen-bond acceptors (Lipinski definition) is 2. The number of rotatable bonds is 3. The van der Waals surface area contributed by atoms with Gasteiger partial charge in [-0.2, -0.15) is 5.26 Å². The SMILES string of the molecule is CC(C)CN(C)c1cccc(Br)c1C#N. The predicted octanol–water partition coefficient (Wildman–Crippen LogP) is 3.41. The summed E-state index contributed by atoms with van der Waals surface area (Å²) < 4.78 is 0.859. The zero-order valence-electron chi connectivity index (χ0n) is 9.29. The van der Waals surface area contributed by atoms with Crippen molar-refractivity contribution in [1.29, 1.82) is 5.26 Å². The smallest absolute Gasteiger partial charge is 0.103 e. The van der Waals surface area contributed by atoms with E-state index in [0.29, 0.717) is 11.5 Å². The van der Waals surface area contributed by atoms with Crippen molar-refractivity contribution in [1.82, 2.24) is 0 Å². The average Bonchev–Trinajstić information content (AvgIpc) is 2.16. The number of hydrogen-bond donors (Lipinski definition) is 0. The van der Waals surface area contributed by atoms with Crippen LogP contribution < -0.4 is 4.90 Å². The van der Waals surface area contributed by atoms with Crippen LogP contribution >= 0.6 is 15.9 Å². The number of nitrogens with zero attached hydrogens (tertiary/aromatic N) is 2. The zero-order chi connectivity index (χ0) is 11.4. The van der Waals surface area contributed by atoms with Gasteiger partial charge in [-0.25, -0.2) is 0 Å². The third kappa shape index (κ3) is 2.97. The summed E-state index contributed by atoms with van der Waals surface area (Å²) in [5.74, 6) is 0.584. The number of nitriles is 1. The van der Waals surface area contributed by atoms with Crippen molar-refractivity contribution in [3.8, 4) is 6.07 Å². The summed E-state index contributed by atoms with van der Waals surface area (Å²) in [6.07, 6.45) is 0. The van der Waals surface area contributed by atoms with E-state index in [4.69, 9.17) is 5.26 Å². The minimum Gasteiger partial charge on any atom is -0.373 e. The number of anilines is 1. The molecule has 2 nitrogen and oxygen atoms in total. The predicted molar refractivity (Wildman–Crippen MR) is 67.0 cm³/mol. The summed E-state index contributed by atoms with van der Waals surface area (Å²) >= 11 is 3.39. The quantitative estimate of drug-likeness (QED) is 0.839. The molecule has 1 aromatic carbocycles. The van der Waals surface area contributed by atoms with Crippen LogP contribution in [-0.2, 0) is 0 Å². The molecule has 1 aromatic rings. The minimum atomic E-state index is 0.584. The van der Waals surface area contributed by atoms with Gasteiger partial charge in [0.05, 0.1) is 11.3 Å². The van der Waals surface area contributed by atoms with Crippen LogP contribution in [0.2, 0.25) is 0 Å². The first-order valence-corrected chi connectivity index (χ1v) is 5.75. The van der Waals surface area contributed by atoms with E-state index in [-0.39, 0.29) is 0 Å². The highest BCUT2D eigenvalue weighted by Crippen LogP contribution is 2.26. The summed E-state index contributed by atoms with van der Waals surface area (Å²) in [6.45, 7) is 5.28. The minimum absolute atomic E-state index is 0.584. The number of halogens is 1. The Morgan fingerprint density at radius 3 is 2.67 bits per heavy atom. The first kappa shape index (κ1) is 12.1. The largest absolute Gasteiger partial charge is 0.373 e. The summed E-state index contributed by atoms with van der Waals surface area (Å²) in [4.78, 5) is 2.12. The Labute approximate surface area is 99.6 Å². The van der Waals surface area contributed by atoms with Gasteiger partial charge in [-0.05, 0) is 34.0 Å². The fourth-order valence-corrected chi connectivity index (χ4v) is 2.03. The second-order valence-electron chi connectivity index (χ2n) is 4.02. The Balaban J connectivity index is 3.04. The van der Waals surface area contributed by atoms with E-state index in [9.17, 15) is 0 Å². The van der Waals surface area contributed by atoms with Gasteiger partial charge >= 0.3 is 0 Å². The molecule has 0 bridgehead atoms. The molecule has 0 atom stereocenters. The average molecular weight is 267 g/mol. The van der Waals surface area contributed by atoms with Crippen LogP contribution in [-0.4, -0.2) is 13.6 Å². The van der Waals surface area contributed by atoms with Crippen molar-refractivity contribution in [3.05, 3.63) is 28.2 Å². The van der Waals surface area contributed by atoms with Gasteiger partial charge in [0.2, 0.25) is 0 Å². The monoisotopic (exact) mass is 266 g/mol. The molecule has 0 aliphatic heterocycles. The van der Waals surface area contributed by atoms with Crippen molar-refractivity contribution >= 4 is 21.6 Å². The van der Waals surface area contributed by atoms with Crippen LogP contribution in [0, 0.1) is 17.2 Å². The van der Waals surface area contributed by atoms with Crippen LogP contribution in [0.4, 0.5) is 5.69 Å². The van der Waals surface area contributed by atoms with Gasteiger partial charge in [0.1, 0.15) is 6.07 Å².